The third kappa shape index (κ3) is 20.6. The Bertz CT molecular complexity index is 3090. The van der Waals surface area contributed by atoms with Gasteiger partial charge in [-0.1, -0.05) is 92.2 Å². The van der Waals surface area contributed by atoms with E-state index in [0.717, 1.165) is 46.8 Å². The Balaban J connectivity index is 1.31. The van der Waals surface area contributed by atoms with E-state index in [-0.39, 0.29) is 83.4 Å². The van der Waals surface area contributed by atoms with Crippen molar-refractivity contribution in [2.45, 2.75) is 268 Å². The Morgan fingerprint density at radius 3 is 1.85 bits per heavy atom. The lowest BCUT2D eigenvalue weighted by Crippen LogP contribution is -2.68. The summed E-state index contributed by atoms with van der Waals surface area (Å²) >= 11 is 0. The number of likely N-dealkylation sites (tertiary alicyclic amines) is 1. The smallest absolute Gasteiger partial charge is 0.377 e. The molecule has 3 aliphatic carbocycles. The van der Waals surface area contributed by atoms with Crippen molar-refractivity contribution >= 4 is 70.9 Å². The van der Waals surface area contributed by atoms with Crippen LogP contribution in [0.2, 0.25) is 0 Å². The molecule has 30 heteroatoms. The van der Waals surface area contributed by atoms with Gasteiger partial charge in [-0.05, 0) is 120 Å². The minimum absolute atomic E-state index is 0.0177. The van der Waals surface area contributed by atoms with Crippen LogP contribution in [-0.4, -0.2) is 282 Å². The Morgan fingerprint density at radius 2 is 1.27 bits per heavy atom. The molecular weight excluding hydrogens is 1360 g/mol. The third-order valence-corrected chi connectivity index (χ3v) is 23.0. The highest BCUT2D eigenvalue weighted by atomic mass is 19.4. The Kier molecular flexibility index (Phi) is 29.6. The zero-order valence-electron chi connectivity index (χ0n) is 63.5. The van der Waals surface area contributed by atoms with Crippen molar-refractivity contribution in [3.05, 3.63) is 12.2 Å². The van der Waals surface area contributed by atoms with Crippen molar-refractivity contribution in [2.24, 2.45) is 29.1 Å². The van der Waals surface area contributed by atoms with Crippen LogP contribution in [0.25, 0.3) is 0 Å². The molecule has 3 N–H and O–H groups in total. The molecule has 0 radical (unpaired) electrons. The molecule has 586 valence electrons. The highest BCUT2D eigenvalue weighted by molar-refractivity contribution is 6.01. The van der Waals surface area contributed by atoms with Crippen molar-refractivity contribution < 1.29 is 84.2 Å². The van der Waals surface area contributed by atoms with E-state index in [1.54, 1.807) is 31.7 Å². The van der Waals surface area contributed by atoms with Gasteiger partial charge in [0.2, 0.25) is 70.9 Å². The number of hydrogen-bond acceptors (Lipinski definition) is 13. The van der Waals surface area contributed by atoms with E-state index in [9.17, 15) is 41.9 Å². The molecule has 2 bridgehead atoms. The molecule has 104 heavy (non-hydrogen) atoms. The second kappa shape index (κ2) is 36.5. The number of halogens is 5. The SMILES string of the molecule is CCO[C@@H]1C[C@H]2C(=O)NC3(CCC3)C(=O)N(C)[C@@H](CC(C)(C)C)C(=O)N(C)[C@H](C(=O)N3CCCC3)CC(=O)N(C)[C@@H](CC)C(=O)N[C@@H]([C@@H](C)CC)C(=O)N(C)CC(=O)N(C)[C@H]3C/C=C\CCN(C3=O)[C@@H](CC3CCCCC3)C(=O)N(C)CC(=O)N[C@@H](CCC3CC(F)C(C(F)(F)F)C(F)C3)C(=O)N2C1. The number of rotatable bonds is 12. The van der Waals surface area contributed by atoms with Crippen molar-refractivity contribution in [3.63, 3.8) is 0 Å². The first-order valence-corrected chi connectivity index (χ1v) is 37.9. The minimum atomic E-state index is -5.17. The molecular formula is C74H117F5N12O13. The first-order valence-electron chi connectivity index (χ1n) is 37.9. The number of carbonyl (C=O) groups is 12. The summed E-state index contributed by atoms with van der Waals surface area (Å²) in [6, 6.07) is -10.6. The van der Waals surface area contributed by atoms with E-state index in [4.69, 9.17) is 4.74 Å². The van der Waals surface area contributed by atoms with E-state index in [1.807, 2.05) is 33.8 Å². The molecule has 4 heterocycles. The maximum Gasteiger partial charge on any atom is 0.397 e. The topological polar surface area (TPSA) is 279 Å². The van der Waals surface area contributed by atoms with Crippen molar-refractivity contribution in [1.29, 1.82) is 0 Å². The highest BCUT2D eigenvalue weighted by Gasteiger charge is 2.56. The van der Waals surface area contributed by atoms with Crippen LogP contribution in [0, 0.1) is 29.1 Å². The zero-order chi connectivity index (χ0) is 77.0. The Labute approximate surface area is 610 Å². The van der Waals surface area contributed by atoms with Gasteiger partial charge in [0, 0.05) is 81.5 Å². The molecule has 3 saturated heterocycles. The Morgan fingerprint density at radius 1 is 0.635 bits per heavy atom. The van der Waals surface area contributed by atoms with Gasteiger partial charge in [-0.25, -0.2) is 8.78 Å². The van der Waals surface area contributed by atoms with Crippen LogP contribution < -0.4 is 16.0 Å². The largest absolute Gasteiger partial charge is 0.397 e. The first-order chi connectivity index (χ1) is 48.9. The lowest BCUT2D eigenvalue weighted by Gasteiger charge is -2.46. The number of fused-ring (bicyclic) bond motifs is 3. The number of hydrogen-bond donors (Lipinski definition) is 3. The van der Waals surface area contributed by atoms with E-state index < -0.39 is 205 Å². The maximum atomic E-state index is 15.5. The molecule has 0 aromatic heterocycles. The van der Waals surface area contributed by atoms with Crippen molar-refractivity contribution in [1.82, 2.24) is 60.0 Å². The van der Waals surface area contributed by atoms with Gasteiger partial charge < -0.3 is 64.8 Å². The van der Waals surface area contributed by atoms with Crippen LogP contribution in [0.5, 0.6) is 0 Å². The number of alkyl halides is 5. The van der Waals surface area contributed by atoms with Gasteiger partial charge in [-0.3, -0.25) is 57.5 Å². The fourth-order valence-corrected chi connectivity index (χ4v) is 16.4. The predicted molar refractivity (Wildman–Crippen MR) is 376 cm³/mol. The summed E-state index contributed by atoms with van der Waals surface area (Å²) in [6.45, 7) is 11.8. The number of nitrogens with one attached hydrogen (secondary N) is 3. The number of carbonyl (C=O) groups excluding carboxylic acids is 12. The van der Waals surface area contributed by atoms with Crippen LogP contribution >= 0.6 is 0 Å². The molecule has 7 aliphatic rings. The van der Waals surface area contributed by atoms with Crippen LogP contribution in [0.15, 0.2) is 12.2 Å². The average Bonchev–Trinajstić information content (AvgIpc) is 0.958. The molecule has 2 unspecified atom stereocenters. The maximum absolute atomic E-state index is 15.5. The number of amides is 12. The van der Waals surface area contributed by atoms with Gasteiger partial charge >= 0.3 is 6.18 Å². The molecule has 12 atom stereocenters. The molecule has 4 aliphatic heterocycles. The summed E-state index contributed by atoms with van der Waals surface area (Å²) in [5, 5.41) is 8.53. The van der Waals surface area contributed by atoms with E-state index >= 15 is 37.5 Å². The summed E-state index contributed by atoms with van der Waals surface area (Å²) in [7, 11) is 8.34. The molecule has 25 nitrogen and oxygen atoms in total. The molecule has 7 rings (SSSR count). The highest BCUT2D eigenvalue weighted by Crippen LogP contribution is 2.45. The lowest BCUT2D eigenvalue weighted by molar-refractivity contribution is -0.219. The summed E-state index contributed by atoms with van der Waals surface area (Å²) in [4.78, 5) is 192. The van der Waals surface area contributed by atoms with Crippen LogP contribution in [0.4, 0.5) is 22.0 Å². The average molecular weight is 1480 g/mol. The molecule has 6 fully saturated rings. The van der Waals surface area contributed by atoms with Crippen molar-refractivity contribution in [3.8, 4) is 0 Å². The normalized spacial score (nSPS) is 31.3. The van der Waals surface area contributed by atoms with Gasteiger partial charge in [0.25, 0.3) is 0 Å². The van der Waals surface area contributed by atoms with Crippen LogP contribution in [0.3, 0.4) is 0 Å². The molecule has 0 aromatic rings. The van der Waals surface area contributed by atoms with E-state index in [0.29, 0.717) is 45.2 Å². The third-order valence-electron chi connectivity index (χ3n) is 23.0. The number of ether oxygens (including phenoxy) is 1. The van der Waals surface area contributed by atoms with E-state index in [2.05, 4.69) is 16.0 Å². The monoisotopic (exact) mass is 1480 g/mol. The molecule has 12 amide bonds. The van der Waals surface area contributed by atoms with Crippen LogP contribution in [0.1, 0.15) is 190 Å². The van der Waals surface area contributed by atoms with Gasteiger partial charge in [0.1, 0.15) is 72.1 Å². The summed E-state index contributed by atoms with van der Waals surface area (Å²) in [6.07, 6.45) is -3.32. The molecule has 1 spiro atoms. The van der Waals surface area contributed by atoms with Gasteiger partial charge in [0.05, 0.1) is 25.6 Å². The number of nitrogens with zero attached hydrogens (tertiary/aromatic N) is 9. The van der Waals surface area contributed by atoms with Gasteiger partial charge in [0.15, 0.2) is 0 Å². The van der Waals surface area contributed by atoms with Gasteiger partial charge in [-0.15, -0.1) is 0 Å². The summed E-state index contributed by atoms with van der Waals surface area (Å²) in [5.74, 6) is -12.9. The molecule has 0 aromatic carbocycles. The second-order valence-electron chi connectivity index (χ2n) is 31.8. The standard InChI is InChI=1S/C74H117F5N12O13/c1-14-45(4)62-70(102)84(9)44-60(94)86(11)53-28-21-18-22-35-90(69(53)101)56(38-46-26-19-17-20-27-46)66(98)83(8)43-58(92)80-51(30-29-47-36-49(75)61(50(76)37-47)74(77,78)79)65(97)91-42-48(104-16-3)39-54(91)64(96)82-73(31-25-32-73)71(103)88(13)57(41-72(5,6)7)67(99)87(12)55(68(100)89-33-23-24-34-89)40-59(93)85(10)52(15-2)63(95)81-62/h18,21,45-57,61-62H,14-17,19-20,22-44H2,1-13H3,(H,80,92)(H,81,95)(H,82,96)/b21-18-/t45-,47?,48+,49?,50?,51-,52-,53-,54-,55-,56-,57-,61?,62-/m0/s1. The fraction of sp³-hybridized carbons (Fsp3) is 0.811. The Hall–Kier alpha value is -7.01. The van der Waals surface area contributed by atoms with Crippen LogP contribution in [-0.2, 0) is 62.3 Å². The minimum Gasteiger partial charge on any atom is -0.377 e. The summed E-state index contributed by atoms with van der Waals surface area (Å²) < 4.78 is 78.8. The predicted octanol–water partition coefficient (Wildman–Crippen LogP) is 5.71. The van der Waals surface area contributed by atoms with Crippen molar-refractivity contribution in [2.75, 3.05) is 88.2 Å². The lowest BCUT2D eigenvalue weighted by atomic mass is 9.74. The van der Waals surface area contributed by atoms with Gasteiger partial charge in [-0.2, -0.15) is 13.2 Å². The number of likely N-dealkylation sites (N-methyl/N-ethyl adjacent to an activating group) is 6. The quantitative estimate of drug-likeness (QED) is 0.156. The molecule has 3 saturated carbocycles. The summed E-state index contributed by atoms with van der Waals surface area (Å²) in [5.41, 5.74) is -2.34. The van der Waals surface area contributed by atoms with E-state index in [1.165, 1.54) is 66.8 Å². The second-order valence-corrected chi connectivity index (χ2v) is 31.8. The zero-order valence-corrected chi connectivity index (χ0v) is 63.5. The fourth-order valence-electron chi connectivity index (χ4n) is 16.4. The first kappa shape index (κ1) is 84.3.